The summed E-state index contributed by atoms with van der Waals surface area (Å²) in [5, 5.41) is 9.17. The average Bonchev–Trinajstić information content (AvgIpc) is 2.55. The molecule has 0 spiro atoms. The van der Waals surface area contributed by atoms with Gasteiger partial charge in [0.05, 0.1) is 10.6 Å². The number of urea groups is 1. The average molecular weight is 381 g/mol. The van der Waals surface area contributed by atoms with Crippen LogP contribution in [0.25, 0.3) is 0 Å². The van der Waals surface area contributed by atoms with Crippen LogP contribution in [-0.2, 0) is 0 Å². The SMILES string of the molecule is CNCC1CCCN(C(=O)c2cc(NC(=O)NC(C)(C)C)ccc2Cl)C1. The van der Waals surface area contributed by atoms with Crippen LogP contribution in [0.2, 0.25) is 5.02 Å². The van der Waals surface area contributed by atoms with Gasteiger partial charge in [0.15, 0.2) is 0 Å². The van der Waals surface area contributed by atoms with E-state index in [-0.39, 0.29) is 17.5 Å². The van der Waals surface area contributed by atoms with Crippen molar-refractivity contribution >= 4 is 29.2 Å². The Morgan fingerprint density at radius 1 is 1.31 bits per heavy atom. The fourth-order valence-corrected chi connectivity index (χ4v) is 3.34. The number of anilines is 1. The molecule has 1 unspecified atom stereocenters. The number of nitrogens with one attached hydrogen (secondary N) is 3. The standard InChI is InChI=1S/C19H29ClN4O2/c1-19(2,3)23-18(26)22-14-7-8-16(20)15(10-14)17(25)24-9-5-6-13(12-24)11-21-4/h7-8,10,13,21H,5-6,9,11-12H2,1-4H3,(H2,22,23,26). The van der Waals surface area contributed by atoms with Gasteiger partial charge in [-0.15, -0.1) is 0 Å². The number of benzene rings is 1. The van der Waals surface area contributed by atoms with Crippen LogP contribution in [0, 0.1) is 5.92 Å². The van der Waals surface area contributed by atoms with Crippen molar-refractivity contribution in [1.29, 1.82) is 0 Å². The third-order valence-corrected chi connectivity index (χ3v) is 4.57. The van der Waals surface area contributed by atoms with Crippen molar-refractivity contribution in [3.8, 4) is 0 Å². The van der Waals surface area contributed by atoms with E-state index in [0.717, 1.165) is 32.5 Å². The summed E-state index contributed by atoms with van der Waals surface area (Å²) in [5.74, 6) is 0.367. The summed E-state index contributed by atoms with van der Waals surface area (Å²) >= 11 is 6.26. The van der Waals surface area contributed by atoms with Gasteiger partial charge in [0, 0.05) is 24.3 Å². The van der Waals surface area contributed by atoms with Gasteiger partial charge >= 0.3 is 6.03 Å². The minimum Gasteiger partial charge on any atom is -0.338 e. The molecule has 6 nitrogen and oxygen atoms in total. The van der Waals surface area contributed by atoms with Crippen molar-refractivity contribution in [2.24, 2.45) is 5.92 Å². The predicted octanol–water partition coefficient (Wildman–Crippen LogP) is 3.33. The first-order valence-corrected chi connectivity index (χ1v) is 9.40. The van der Waals surface area contributed by atoms with Crippen molar-refractivity contribution in [3.05, 3.63) is 28.8 Å². The minimum absolute atomic E-state index is 0.0873. The molecular weight excluding hydrogens is 352 g/mol. The van der Waals surface area contributed by atoms with E-state index in [0.29, 0.717) is 22.2 Å². The second-order valence-corrected chi connectivity index (χ2v) is 8.25. The molecule has 1 aliphatic rings. The molecule has 3 amide bonds. The molecule has 1 saturated heterocycles. The summed E-state index contributed by atoms with van der Waals surface area (Å²) in [4.78, 5) is 26.8. The maximum absolute atomic E-state index is 12.9. The summed E-state index contributed by atoms with van der Waals surface area (Å²) in [6, 6.07) is 4.68. The fourth-order valence-electron chi connectivity index (χ4n) is 3.15. The Balaban J connectivity index is 2.11. The molecule has 0 bridgehead atoms. The topological polar surface area (TPSA) is 73.5 Å². The van der Waals surface area contributed by atoms with E-state index >= 15 is 0 Å². The third-order valence-electron chi connectivity index (χ3n) is 4.24. The summed E-state index contributed by atoms with van der Waals surface area (Å²) in [7, 11) is 1.93. The Kier molecular flexibility index (Phi) is 6.89. The van der Waals surface area contributed by atoms with E-state index in [4.69, 9.17) is 11.6 Å². The normalized spacial score (nSPS) is 17.7. The monoisotopic (exact) mass is 380 g/mol. The van der Waals surface area contributed by atoms with E-state index in [1.165, 1.54) is 0 Å². The van der Waals surface area contributed by atoms with Gasteiger partial charge in [-0.3, -0.25) is 4.79 Å². The lowest BCUT2D eigenvalue weighted by molar-refractivity contribution is 0.0674. The lowest BCUT2D eigenvalue weighted by Crippen LogP contribution is -2.43. The number of piperidine rings is 1. The van der Waals surface area contributed by atoms with Crippen molar-refractivity contribution in [2.75, 3.05) is 32.0 Å². The van der Waals surface area contributed by atoms with Crippen LogP contribution in [0.3, 0.4) is 0 Å². The molecule has 144 valence electrons. The van der Waals surface area contributed by atoms with Crippen molar-refractivity contribution < 1.29 is 9.59 Å². The maximum atomic E-state index is 12.9. The fraction of sp³-hybridized carbons (Fsp3) is 0.579. The number of nitrogens with zero attached hydrogens (tertiary/aromatic N) is 1. The maximum Gasteiger partial charge on any atom is 0.319 e. The highest BCUT2D eigenvalue weighted by atomic mass is 35.5. The molecular formula is C19H29ClN4O2. The van der Waals surface area contributed by atoms with E-state index < -0.39 is 0 Å². The number of halogens is 1. The van der Waals surface area contributed by atoms with Crippen LogP contribution in [0.1, 0.15) is 44.0 Å². The van der Waals surface area contributed by atoms with E-state index in [2.05, 4.69) is 16.0 Å². The van der Waals surface area contributed by atoms with Crippen molar-refractivity contribution in [3.63, 3.8) is 0 Å². The first-order valence-electron chi connectivity index (χ1n) is 9.02. The van der Waals surface area contributed by atoms with Crippen LogP contribution in [-0.4, -0.2) is 49.1 Å². The van der Waals surface area contributed by atoms with Gasteiger partial charge in [-0.25, -0.2) is 4.79 Å². The number of carbonyl (C=O) groups excluding carboxylic acids is 2. The van der Waals surface area contributed by atoms with Crippen LogP contribution >= 0.6 is 11.6 Å². The van der Waals surface area contributed by atoms with Gasteiger partial charge < -0.3 is 20.9 Å². The molecule has 26 heavy (non-hydrogen) atoms. The number of amides is 3. The van der Waals surface area contributed by atoms with Crippen molar-refractivity contribution in [2.45, 2.75) is 39.2 Å². The van der Waals surface area contributed by atoms with Crippen LogP contribution < -0.4 is 16.0 Å². The third kappa shape index (κ3) is 5.88. The molecule has 0 saturated carbocycles. The second-order valence-electron chi connectivity index (χ2n) is 7.84. The lowest BCUT2D eigenvalue weighted by Gasteiger charge is -2.33. The summed E-state index contributed by atoms with van der Waals surface area (Å²) in [6.07, 6.45) is 2.11. The molecule has 7 heteroatoms. The Hall–Kier alpha value is -1.79. The first-order chi connectivity index (χ1) is 12.2. The predicted molar refractivity (Wildman–Crippen MR) is 106 cm³/mol. The smallest absolute Gasteiger partial charge is 0.319 e. The number of hydrogen-bond donors (Lipinski definition) is 3. The highest BCUT2D eigenvalue weighted by Gasteiger charge is 2.25. The van der Waals surface area contributed by atoms with Gasteiger partial charge in [-0.05, 0) is 71.3 Å². The number of likely N-dealkylation sites (tertiary alicyclic amines) is 1. The molecule has 1 aliphatic heterocycles. The van der Waals surface area contributed by atoms with Crippen LogP contribution in [0.4, 0.5) is 10.5 Å². The van der Waals surface area contributed by atoms with Gasteiger partial charge in [0.1, 0.15) is 0 Å². The second kappa shape index (κ2) is 8.73. The Morgan fingerprint density at radius 2 is 2.04 bits per heavy atom. The first kappa shape index (κ1) is 20.5. The van der Waals surface area contributed by atoms with Gasteiger partial charge in [0.25, 0.3) is 5.91 Å². The zero-order valence-electron chi connectivity index (χ0n) is 16.0. The molecule has 1 heterocycles. The van der Waals surface area contributed by atoms with Gasteiger partial charge in [-0.2, -0.15) is 0 Å². The van der Waals surface area contributed by atoms with Gasteiger partial charge in [-0.1, -0.05) is 11.6 Å². The van der Waals surface area contributed by atoms with E-state index in [9.17, 15) is 9.59 Å². The summed E-state index contributed by atoms with van der Waals surface area (Å²) in [6.45, 7) is 8.06. The summed E-state index contributed by atoms with van der Waals surface area (Å²) in [5.41, 5.74) is 0.624. The van der Waals surface area contributed by atoms with Crippen LogP contribution in [0.5, 0.6) is 0 Å². The molecule has 2 rings (SSSR count). The van der Waals surface area contributed by atoms with Crippen LogP contribution in [0.15, 0.2) is 18.2 Å². The zero-order valence-corrected chi connectivity index (χ0v) is 16.7. The summed E-state index contributed by atoms with van der Waals surface area (Å²) < 4.78 is 0. The lowest BCUT2D eigenvalue weighted by atomic mass is 9.97. The number of carbonyl (C=O) groups is 2. The minimum atomic E-state index is -0.342. The quantitative estimate of drug-likeness (QED) is 0.750. The molecule has 0 aliphatic carbocycles. The largest absolute Gasteiger partial charge is 0.338 e. The molecule has 1 aromatic rings. The zero-order chi connectivity index (χ0) is 19.3. The van der Waals surface area contributed by atoms with E-state index in [1.807, 2.05) is 32.7 Å². The highest BCUT2D eigenvalue weighted by Crippen LogP contribution is 2.25. The molecule has 1 fully saturated rings. The molecule has 1 aromatic carbocycles. The molecule has 0 aromatic heterocycles. The Labute approximate surface area is 160 Å². The molecule has 1 atom stereocenters. The number of hydrogen-bond acceptors (Lipinski definition) is 3. The Morgan fingerprint density at radius 3 is 2.69 bits per heavy atom. The molecule has 0 radical (unpaired) electrons. The van der Waals surface area contributed by atoms with Gasteiger partial charge in [0.2, 0.25) is 0 Å². The highest BCUT2D eigenvalue weighted by molar-refractivity contribution is 6.34. The van der Waals surface area contributed by atoms with Crippen molar-refractivity contribution in [1.82, 2.24) is 15.5 Å². The van der Waals surface area contributed by atoms with E-state index in [1.54, 1.807) is 18.2 Å². The number of rotatable bonds is 4. The Bertz CT molecular complexity index is 655. The molecule has 3 N–H and O–H groups in total.